The smallest absolute Gasteiger partial charge is 0.225 e. The van der Waals surface area contributed by atoms with Gasteiger partial charge in [-0.25, -0.2) is 0 Å². The van der Waals surface area contributed by atoms with Crippen LogP contribution >= 0.6 is 0 Å². The predicted molar refractivity (Wildman–Crippen MR) is 83.1 cm³/mol. The molecule has 0 radical (unpaired) electrons. The molecule has 3 rings (SSSR count). The highest BCUT2D eigenvalue weighted by Gasteiger charge is 2.39. The van der Waals surface area contributed by atoms with Crippen LogP contribution in [0, 0.1) is 5.92 Å². The van der Waals surface area contributed by atoms with Crippen LogP contribution in [0.15, 0.2) is 0 Å². The van der Waals surface area contributed by atoms with Crippen LogP contribution < -0.4 is 5.32 Å². The number of aliphatic hydroxyl groups is 1. The van der Waals surface area contributed by atoms with Crippen molar-refractivity contribution in [3.05, 3.63) is 0 Å². The number of carbonyl (C=O) groups is 2. The first-order chi connectivity index (χ1) is 10.6. The fraction of sp³-hybridized carbons (Fsp3) is 0.882. The van der Waals surface area contributed by atoms with E-state index in [-0.39, 0.29) is 17.7 Å². The molecule has 1 aliphatic heterocycles. The van der Waals surface area contributed by atoms with Crippen molar-refractivity contribution in [2.75, 3.05) is 13.1 Å². The second-order valence-corrected chi connectivity index (χ2v) is 7.39. The van der Waals surface area contributed by atoms with Crippen molar-refractivity contribution >= 4 is 11.8 Å². The van der Waals surface area contributed by atoms with E-state index in [0.717, 1.165) is 38.5 Å². The number of nitrogens with one attached hydrogen (secondary N) is 1. The van der Waals surface area contributed by atoms with Crippen molar-refractivity contribution in [1.82, 2.24) is 10.2 Å². The monoisotopic (exact) mass is 308 g/mol. The van der Waals surface area contributed by atoms with E-state index in [1.54, 1.807) is 0 Å². The van der Waals surface area contributed by atoms with Crippen LogP contribution in [0.3, 0.4) is 0 Å². The number of carbonyl (C=O) groups excluding carboxylic acids is 2. The van der Waals surface area contributed by atoms with Gasteiger partial charge in [0.2, 0.25) is 11.8 Å². The quantitative estimate of drug-likeness (QED) is 0.828. The third-order valence-electron chi connectivity index (χ3n) is 5.67. The summed E-state index contributed by atoms with van der Waals surface area (Å²) in [5, 5.41) is 13.3. The average molecular weight is 308 g/mol. The highest BCUT2D eigenvalue weighted by atomic mass is 16.3. The predicted octanol–water partition coefficient (Wildman–Crippen LogP) is 1.59. The zero-order valence-corrected chi connectivity index (χ0v) is 13.4. The van der Waals surface area contributed by atoms with Crippen LogP contribution in [0.5, 0.6) is 0 Å². The minimum atomic E-state index is -0.734. The zero-order chi connectivity index (χ0) is 15.6. The van der Waals surface area contributed by atoms with E-state index in [1.165, 1.54) is 19.3 Å². The minimum absolute atomic E-state index is 0.0622. The number of nitrogens with zero attached hydrogens (tertiary/aromatic N) is 1. The Kier molecular flexibility index (Phi) is 4.71. The molecule has 1 saturated heterocycles. The van der Waals surface area contributed by atoms with Gasteiger partial charge in [-0.1, -0.05) is 32.1 Å². The Bertz CT molecular complexity index is 426. The summed E-state index contributed by atoms with van der Waals surface area (Å²) in [6.07, 6.45) is 9.66. The Morgan fingerprint density at radius 2 is 1.86 bits per heavy atom. The first kappa shape index (κ1) is 15.8. The second kappa shape index (κ2) is 6.57. The van der Waals surface area contributed by atoms with E-state index in [2.05, 4.69) is 5.32 Å². The molecule has 0 aromatic carbocycles. The van der Waals surface area contributed by atoms with Crippen molar-refractivity contribution in [2.24, 2.45) is 5.92 Å². The largest absolute Gasteiger partial charge is 0.388 e. The molecule has 22 heavy (non-hydrogen) atoms. The third kappa shape index (κ3) is 3.45. The molecule has 5 heteroatoms. The van der Waals surface area contributed by atoms with E-state index in [1.807, 2.05) is 4.90 Å². The van der Waals surface area contributed by atoms with Crippen LogP contribution in [0.1, 0.15) is 64.2 Å². The number of likely N-dealkylation sites (tertiary alicyclic amines) is 1. The maximum atomic E-state index is 12.3. The van der Waals surface area contributed by atoms with Gasteiger partial charge in [-0.05, 0) is 25.7 Å². The molecule has 2 amide bonds. The van der Waals surface area contributed by atoms with E-state index >= 15 is 0 Å². The van der Waals surface area contributed by atoms with E-state index in [4.69, 9.17) is 0 Å². The van der Waals surface area contributed by atoms with Crippen molar-refractivity contribution in [3.63, 3.8) is 0 Å². The molecule has 0 bridgehead atoms. The topological polar surface area (TPSA) is 69.6 Å². The molecular weight excluding hydrogens is 280 g/mol. The van der Waals surface area contributed by atoms with Gasteiger partial charge in [0.15, 0.2) is 0 Å². The second-order valence-electron chi connectivity index (χ2n) is 7.39. The first-order valence-electron chi connectivity index (χ1n) is 8.87. The van der Waals surface area contributed by atoms with E-state index in [0.29, 0.717) is 25.6 Å². The molecule has 0 aromatic rings. The summed E-state index contributed by atoms with van der Waals surface area (Å²) in [7, 11) is 0. The van der Waals surface area contributed by atoms with Crippen molar-refractivity contribution in [2.45, 2.75) is 75.9 Å². The Hall–Kier alpha value is -1.10. The third-order valence-corrected chi connectivity index (χ3v) is 5.67. The fourth-order valence-electron chi connectivity index (χ4n) is 4.26. The summed E-state index contributed by atoms with van der Waals surface area (Å²) in [5.74, 6) is -0.170. The average Bonchev–Trinajstić information content (AvgIpc) is 3.15. The van der Waals surface area contributed by atoms with Gasteiger partial charge >= 0.3 is 0 Å². The van der Waals surface area contributed by atoms with Crippen molar-refractivity contribution in [3.8, 4) is 0 Å². The lowest BCUT2D eigenvalue weighted by Gasteiger charge is -2.32. The Balaban J connectivity index is 1.49. The zero-order valence-electron chi connectivity index (χ0n) is 13.4. The molecule has 124 valence electrons. The molecule has 3 fully saturated rings. The van der Waals surface area contributed by atoms with Crippen LogP contribution in [0.4, 0.5) is 0 Å². The number of amides is 2. The van der Waals surface area contributed by atoms with E-state index < -0.39 is 5.60 Å². The maximum Gasteiger partial charge on any atom is 0.225 e. The molecular formula is C17H28N2O3. The number of hydrogen-bond acceptors (Lipinski definition) is 3. The number of rotatable bonds is 4. The Morgan fingerprint density at radius 3 is 2.55 bits per heavy atom. The van der Waals surface area contributed by atoms with Crippen LogP contribution in [-0.2, 0) is 9.59 Å². The van der Waals surface area contributed by atoms with Gasteiger partial charge in [-0.3, -0.25) is 9.59 Å². The molecule has 2 saturated carbocycles. The van der Waals surface area contributed by atoms with Gasteiger partial charge in [-0.15, -0.1) is 0 Å². The summed E-state index contributed by atoms with van der Waals surface area (Å²) >= 11 is 0. The summed E-state index contributed by atoms with van der Waals surface area (Å²) < 4.78 is 0. The first-order valence-corrected chi connectivity index (χ1v) is 8.87. The normalized spacial score (nSPS) is 29.0. The fourth-order valence-corrected chi connectivity index (χ4v) is 4.26. The maximum absolute atomic E-state index is 12.3. The molecule has 3 aliphatic rings. The van der Waals surface area contributed by atoms with Crippen LogP contribution in [-0.4, -0.2) is 46.6 Å². The standard InChI is InChI=1S/C17H28N2O3/c20-15-10-13(11-19(15)14-6-2-3-7-14)16(21)18-12-17(22)8-4-1-5-9-17/h13-14,22H,1-12H2,(H,18,21). The summed E-state index contributed by atoms with van der Waals surface area (Å²) in [6, 6.07) is 0.354. The number of hydrogen-bond donors (Lipinski definition) is 2. The van der Waals surface area contributed by atoms with E-state index in [9.17, 15) is 14.7 Å². The minimum Gasteiger partial charge on any atom is -0.388 e. The van der Waals surface area contributed by atoms with Gasteiger partial charge in [0.25, 0.3) is 0 Å². The highest BCUT2D eigenvalue weighted by molar-refractivity contribution is 5.89. The molecule has 1 atom stereocenters. The molecule has 0 aromatic heterocycles. The van der Waals surface area contributed by atoms with Crippen LogP contribution in [0.25, 0.3) is 0 Å². The SMILES string of the molecule is O=C(NCC1(O)CCCCC1)C1CC(=O)N(C2CCCC2)C1. The Morgan fingerprint density at radius 1 is 1.18 bits per heavy atom. The molecule has 2 N–H and O–H groups in total. The summed E-state index contributed by atoms with van der Waals surface area (Å²) in [4.78, 5) is 26.4. The molecule has 1 heterocycles. The lowest BCUT2D eigenvalue weighted by Crippen LogP contribution is -2.46. The van der Waals surface area contributed by atoms with Crippen LogP contribution in [0.2, 0.25) is 0 Å². The van der Waals surface area contributed by atoms with Crippen molar-refractivity contribution in [1.29, 1.82) is 0 Å². The summed E-state index contributed by atoms with van der Waals surface area (Å²) in [5.41, 5.74) is -0.734. The lowest BCUT2D eigenvalue weighted by atomic mass is 9.85. The molecule has 1 unspecified atom stereocenters. The van der Waals surface area contributed by atoms with Crippen molar-refractivity contribution < 1.29 is 14.7 Å². The Labute approximate surface area is 132 Å². The highest BCUT2D eigenvalue weighted by Crippen LogP contribution is 2.30. The van der Waals surface area contributed by atoms with Gasteiger partial charge < -0.3 is 15.3 Å². The molecule has 0 spiro atoms. The molecule has 5 nitrogen and oxygen atoms in total. The van der Waals surface area contributed by atoms with Gasteiger partial charge in [0.05, 0.1) is 11.5 Å². The summed E-state index contributed by atoms with van der Waals surface area (Å²) in [6.45, 7) is 0.897. The molecule has 2 aliphatic carbocycles. The van der Waals surface area contributed by atoms with Gasteiger partial charge in [-0.2, -0.15) is 0 Å². The lowest BCUT2D eigenvalue weighted by molar-refractivity contribution is -0.130. The van der Waals surface area contributed by atoms with Gasteiger partial charge in [0.1, 0.15) is 0 Å². The van der Waals surface area contributed by atoms with Gasteiger partial charge in [0, 0.05) is 25.6 Å².